The minimum absolute atomic E-state index is 0.365. The molecule has 2 N–H and O–H groups in total. The van der Waals surface area contributed by atoms with Gasteiger partial charge in [0.15, 0.2) is 5.82 Å². The van der Waals surface area contributed by atoms with Crippen LogP contribution in [0.3, 0.4) is 0 Å². The molecule has 1 aromatic rings. The van der Waals surface area contributed by atoms with E-state index >= 15 is 0 Å². The fourth-order valence-corrected chi connectivity index (χ4v) is 1.63. The molecule has 0 unspecified atom stereocenters. The Morgan fingerprint density at radius 2 is 2.17 bits per heavy atom. The van der Waals surface area contributed by atoms with Crippen LogP contribution < -0.4 is 5.73 Å². The molecule has 4 heteroatoms. The Morgan fingerprint density at radius 3 is 2.83 bits per heavy atom. The first-order valence-corrected chi connectivity index (χ1v) is 4.30. The summed E-state index contributed by atoms with van der Waals surface area (Å²) in [5.74, 6) is 2.00. The van der Waals surface area contributed by atoms with Gasteiger partial charge in [-0.3, -0.25) is 0 Å². The van der Waals surface area contributed by atoms with Crippen molar-refractivity contribution in [3.8, 4) is 0 Å². The van der Waals surface area contributed by atoms with Gasteiger partial charge in [-0.25, -0.2) is 0 Å². The van der Waals surface area contributed by atoms with Gasteiger partial charge in [0.2, 0.25) is 0 Å². The summed E-state index contributed by atoms with van der Waals surface area (Å²) in [6.07, 6.45) is 2.22. The van der Waals surface area contributed by atoms with Crippen LogP contribution in [-0.2, 0) is 18.5 Å². The Hall–Kier alpha value is -0.900. The van der Waals surface area contributed by atoms with E-state index in [-0.39, 0.29) is 5.54 Å². The summed E-state index contributed by atoms with van der Waals surface area (Å²) in [6.45, 7) is 4.95. The molecule has 0 aromatic carbocycles. The van der Waals surface area contributed by atoms with Crippen molar-refractivity contribution in [2.75, 3.05) is 0 Å². The van der Waals surface area contributed by atoms with Crippen LogP contribution in [0.25, 0.3) is 0 Å². The van der Waals surface area contributed by atoms with Crippen LogP contribution in [0.1, 0.15) is 31.9 Å². The summed E-state index contributed by atoms with van der Waals surface area (Å²) < 4.78 is 2.14. The SMILES string of the molecule is CC(C)(N)c1nnc2n1CCC2. The molecule has 0 aliphatic carbocycles. The summed E-state index contributed by atoms with van der Waals surface area (Å²) in [5.41, 5.74) is 5.59. The number of rotatable bonds is 1. The molecule has 1 aromatic heterocycles. The number of hydrogen-bond donors (Lipinski definition) is 1. The molecule has 0 spiro atoms. The molecule has 0 bridgehead atoms. The predicted molar refractivity (Wildman–Crippen MR) is 45.6 cm³/mol. The van der Waals surface area contributed by atoms with E-state index < -0.39 is 0 Å². The molecule has 0 radical (unpaired) electrons. The second-order valence-electron chi connectivity index (χ2n) is 3.92. The van der Waals surface area contributed by atoms with Gasteiger partial charge in [0, 0.05) is 13.0 Å². The summed E-state index contributed by atoms with van der Waals surface area (Å²) in [6, 6.07) is 0. The standard InChI is InChI=1S/C8H14N4/c1-8(2,9)7-11-10-6-4-3-5-12(6)7/h3-5,9H2,1-2H3. The number of nitrogens with two attached hydrogens (primary N) is 1. The normalized spacial score (nSPS) is 16.6. The van der Waals surface area contributed by atoms with Gasteiger partial charge in [-0.1, -0.05) is 0 Å². The van der Waals surface area contributed by atoms with Gasteiger partial charge in [0.1, 0.15) is 5.82 Å². The lowest BCUT2D eigenvalue weighted by Gasteiger charge is -2.17. The highest BCUT2D eigenvalue weighted by Gasteiger charge is 2.26. The second-order valence-corrected chi connectivity index (χ2v) is 3.92. The predicted octanol–water partition coefficient (Wildman–Crippen LogP) is 0.418. The zero-order valence-electron chi connectivity index (χ0n) is 7.54. The Morgan fingerprint density at radius 1 is 1.42 bits per heavy atom. The van der Waals surface area contributed by atoms with Gasteiger partial charge in [-0.2, -0.15) is 0 Å². The smallest absolute Gasteiger partial charge is 0.152 e. The Balaban J connectivity index is 2.46. The van der Waals surface area contributed by atoms with Gasteiger partial charge in [0.05, 0.1) is 5.54 Å². The van der Waals surface area contributed by atoms with Crippen LogP contribution in [0.5, 0.6) is 0 Å². The zero-order valence-corrected chi connectivity index (χ0v) is 7.54. The summed E-state index contributed by atoms with van der Waals surface area (Å²) in [5, 5.41) is 8.19. The first-order chi connectivity index (χ1) is 5.59. The molecule has 0 saturated carbocycles. The van der Waals surface area contributed by atoms with E-state index in [9.17, 15) is 0 Å². The highest BCUT2D eigenvalue weighted by molar-refractivity contribution is 5.07. The van der Waals surface area contributed by atoms with Crippen LogP contribution >= 0.6 is 0 Å². The second kappa shape index (κ2) is 2.29. The number of hydrogen-bond acceptors (Lipinski definition) is 3. The van der Waals surface area contributed by atoms with Crippen molar-refractivity contribution < 1.29 is 0 Å². The largest absolute Gasteiger partial charge is 0.319 e. The minimum Gasteiger partial charge on any atom is -0.319 e. The summed E-state index contributed by atoms with van der Waals surface area (Å²) in [4.78, 5) is 0. The maximum Gasteiger partial charge on any atom is 0.152 e. The van der Waals surface area contributed by atoms with E-state index in [2.05, 4.69) is 14.8 Å². The van der Waals surface area contributed by atoms with Crippen LogP contribution in [0.2, 0.25) is 0 Å². The lowest BCUT2D eigenvalue weighted by Crippen LogP contribution is -2.32. The highest BCUT2D eigenvalue weighted by Crippen LogP contribution is 2.20. The fourth-order valence-electron chi connectivity index (χ4n) is 1.63. The van der Waals surface area contributed by atoms with Gasteiger partial charge in [-0.15, -0.1) is 10.2 Å². The molecular formula is C8H14N4. The molecule has 4 nitrogen and oxygen atoms in total. The highest BCUT2D eigenvalue weighted by atomic mass is 15.3. The molecule has 1 aliphatic heterocycles. The molecular weight excluding hydrogens is 152 g/mol. The first kappa shape index (κ1) is 7.73. The molecule has 2 rings (SSSR count). The molecule has 0 fully saturated rings. The Kier molecular flexibility index (Phi) is 1.48. The van der Waals surface area contributed by atoms with Gasteiger partial charge >= 0.3 is 0 Å². The lowest BCUT2D eigenvalue weighted by molar-refractivity contribution is 0.479. The minimum atomic E-state index is -0.365. The van der Waals surface area contributed by atoms with Crippen molar-refractivity contribution in [3.05, 3.63) is 11.6 Å². The third kappa shape index (κ3) is 1.03. The first-order valence-electron chi connectivity index (χ1n) is 4.30. The van der Waals surface area contributed by atoms with Gasteiger partial charge in [-0.05, 0) is 20.3 Å². The molecule has 0 atom stereocenters. The van der Waals surface area contributed by atoms with Crippen molar-refractivity contribution >= 4 is 0 Å². The topological polar surface area (TPSA) is 56.7 Å². The average molecular weight is 166 g/mol. The maximum atomic E-state index is 5.95. The average Bonchev–Trinajstić information content (AvgIpc) is 2.37. The van der Waals surface area contributed by atoms with Crippen molar-refractivity contribution in [2.24, 2.45) is 5.73 Å². The van der Waals surface area contributed by atoms with Crippen LogP contribution in [0, 0.1) is 0 Å². The number of aryl methyl sites for hydroxylation is 1. The van der Waals surface area contributed by atoms with E-state index in [0.717, 1.165) is 24.6 Å². The Labute approximate surface area is 71.8 Å². The van der Waals surface area contributed by atoms with Gasteiger partial charge < -0.3 is 10.3 Å². The van der Waals surface area contributed by atoms with E-state index in [1.165, 1.54) is 6.42 Å². The third-order valence-corrected chi connectivity index (χ3v) is 2.19. The third-order valence-electron chi connectivity index (χ3n) is 2.19. The van der Waals surface area contributed by atoms with E-state index in [4.69, 9.17) is 5.73 Å². The summed E-state index contributed by atoms with van der Waals surface area (Å²) >= 11 is 0. The summed E-state index contributed by atoms with van der Waals surface area (Å²) in [7, 11) is 0. The van der Waals surface area contributed by atoms with Gasteiger partial charge in [0.25, 0.3) is 0 Å². The zero-order chi connectivity index (χ0) is 8.77. The van der Waals surface area contributed by atoms with Crippen LogP contribution in [0.15, 0.2) is 0 Å². The van der Waals surface area contributed by atoms with Crippen molar-refractivity contribution in [2.45, 2.75) is 38.8 Å². The quantitative estimate of drug-likeness (QED) is 0.657. The molecule has 1 aliphatic rings. The molecule has 0 amide bonds. The fraction of sp³-hybridized carbons (Fsp3) is 0.750. The lowest BCUT2D eigenvalue weighted by atomic mass is 10.1. The molecule has 12 heavy (non-hydrogen) atoms. The molecule has 0 saturated heterocycles. The number of nitrogens with zero attached hydrogens (tertiary/aromatic N) is 3. The maximum absolute atomic E-state index is 5.95. The Bertz CT molecular complexity index is 294. The van der Waals surface area contributed by atoms with E-state index in [1.807, 2.05) is 13.8 Å². The van der Waals surface area contributed by atoms with E-state index in [1.54, 1.807) is 0 Å². The van der Waals surface area contributed by atoms with Crippen molar-refractivity contribution in [1.82, 2.24) is 14.8 Å². The van der Waals surface area contributed by atoms with E-state index in [0.29, 0.717) is 0 Å². The number of aromatic nitrogens is 3. The molecule has 2 heterocycles. The van der Waals surface area contributed by atoms with Crippen molar-refractivity contribution in [3.63, 3.8) is 0 Å². The van der Waals surface area contributed by atoms with Crippen LogP contribution in [-0.4, -0.2) is 14.8 Å². The number of fused-ring (bicyclic) bond motifs is 1. The monoisotopic (exact) mass is 166 g/mol. The van der Waals surface area contributed by atoms with Crippen LogP contribution in [0.4, 0.5) is 0 Å². The van der Waals surface area contributed by atoms with Crippen molar-refractivity contribution in [1.29, 1.82) is 0 Å². The molecule has 66 valence electrons.